The van der Waals surface area contributed by atoms with Crippen LogP contribution in [0.5, 0.6) is 5.75 Å². The lowest BCUT2D eigenvalue weighted by molar-refractivity contribution is 0.347. The Bertz CT molecular complexity index is 396. The molecule has 1 fully saturated rings. The molecule has 0 aromatic heterocycles. The zero-order chi connectivity index (χ0) is 13.1. The fourth-order valence-electron chi connectivity index (χ4n) is 3.10. The summed E-state index contributed by atoms with van der Waals surface area (Å²) in [6.45, 7) is 6.41. The highest BCUT2D eigenvalue weighted by Gasteiger charge is 2.23. The summed E-state index contributed by atoms with van der Waals surface area (Å²) < 4.78 is 0. The molecule has 100 valence electrons. The minimum absolute atomic E-state index is 0.209. The second-order valence-corrected chi connectivity index (χ2v) is 5.78. The van der Waals surface area contributed by atoms with Gasteiger partial charge >= 0.3 is 0 Å². The van der Waals surface area contributed by atoms with E-state index < -0.39 is 0 Å². The first-order chi connectivity index (χ1) is 8.58. The minimum atomic E-state index is 0.209. The summed E-state index contributed by atoms with van der Waals surface area (Å²) in [7, 11) is 0. The summed E-state index contributed by atoms with van der Waals surface area (Å²) in [6.07, 6.45) is 5.45. The quantitative estimate of drug-likeness (QED) is 0.845. The third-order valence-corrected chi connectivity index (χ3v) is 4.27. The van der Waals surface area contributed by atoms with Gasteiger partial charge in [0, 0.05) is 17.6 Å². The lowest BCUT2D eigenvalue weighted by Gasteiger charge is -2.25. The fourth-order valence-corrected chi connectivity index (χ4v) is 3.10. The number of aryl methyl sites for hydroxylation is 1. The van der Waals surface area contributed by atoms with Crippen molar-refractivity contribution in [1.82, 2.24) is 5.32 Å². The summed E-state index contributed by atoms with van der Waals surface area (Å²) >= 11 is 0. The molecule has 18 heavy (non-hydrogen) atoms. The number of hydrogen-bond acceptors (Lipinski definition) is 2. The van der Waals surface area contributed by atoms with Crippen LogP contribution in [-0.2, 0) is 0 Å². The Labute approximate surface area is 110 Å². The molecule has 1 saturated carbocycles. The molecule has 0 bridgehead atoms. The summed E-state index contributed by atoms with van der Waals surface area (Å²) in [5.74, 6) is 1.22. The molecule has 2 atom stereocenters. The van der Waals surface area contributed by atoms with E-state index in [1.807, 2.05) is 19.1 Å². The van der Waals surface area contributed by atoms with E-state index >= 15 is 0 Å². The van der Waals surface area contributed by atoms with E-state index in [0.29, 0.717) is 11.8 Å². The van der Waals surface area contributed by atoms with Gasteiger partial charge in [0.25, 0.3) is 0 Å². The van der Waals surface area contributed by atoms with Crippen molar-refractivity contribution >= 4 is 0 Å². The third-order valence-electron chi connectivity index (χ3n) is 4.27. The molecule has 2 rings (SSSR count). The van der Waals surface area contributed by atoms with E-state index in [-0.39, 0.29) is 6.04 Å². The Hall–Kier alpha value is -1.02. The van der Waals surface area contributed by atoms with E-state index in [0.717, 1.165) is 17.0 Å². The monoisotopic (exact) mass is 247 g/mol. The molecule has 0 saturated heterocycles. The minimum Gasteiger partial charge on any atom is -0.508 e. The number of hydrogen-bond donors (Lipinski definition) is 2. The number of phenols is 1. The molecule has 1 aromatic rings. The molecule has 1 aliphatic rings. The molecule has 0 spiro atoms. The van der Waals surface area contributed by atoms with Crippen molar-refractivity contribution in [1.29, 1.82) is 0 Å². The van der Waals surface area contributed by atoms with Gasteiger partial charge in [-0.2, -0.15) is 0 Å². The smallest absolute Gasteiger partial charge is 0.120 e. The number of nitrogens with one attached hydrogen (secondary N) is 1. The zero-order valence-electron chi connectivity index (χ0n) is 11.7. The van der Waals surface area contributed by atoms with Crippen molar-refractivity contribution < 1.29 is 5.11 Å². The third kappa shape index (κ3) is 3.05. The Morgan fingerprint density at radius 2 is 1.89 bits per heavy atom. The van der Waals surface area contributed by atoms with Gasteiger partial charge in [0.2, 0.25) is 0 Å². The van der Waals surface area contributed by atoms with Crippen LogP contribution in [0.3, 0.4) is 0 Å². The molecule has 0 aliphatic heterocycles. The summed E-state index contributed by atoms with van der Waals surface area (Å²) in [6, 6.07) is 6.68. The first-order valence-corrected chi connectivity index (χ1v) is 7.13. The number of phenolic OH excluding ortho intramolecular Hbond substituents is 1. The van der Waals surface area contributed by atoms with Crippen molar-refractivity contribution in [2.75, 3.05) is 0 Å². The van der Waals surface area contributed by atoms with Crippen LogP contribution in [0.15, 0.2) is 18.2 Å². The molecule has 2 heteroatoms. The molecule has 0 heterocycles. The van der Waals surface area contributed by atoms with Crippen LogP contribution in [0.1, 0.15) is 56.7 Å². The Morgan fingerprint density at radius 1 is 1.22 bits per heavy atom. The van der Waals surface area contributed by atoms with Crippen LogP contribution >= 0.6 is 0 Å². The van der Waals surface area contributed by atoms with E-state index in [9.17, 15) is 5.11 Å². The lowest BCUT2D eigenvalue weighted by Crippen LogP contribution is -2.34. The molecule has 2 unspecified atom stereocenters. The molecule has 2 nitrogen and oxygen atoms in total. The molecule has 0 amide bonds. The van der Waals surface area contributed by atoms with Crippen molar-refractivity contribution in [2.24, 2.45) is 5.92 Å². The van der Waals surface area contributed by atoms with Crippen LogP contribution < -0.4 is 5.32 Å². The maximum absolute atomic E-state index is 10.00. The van der Waals surface area contributed by atoms with E-state index in [2.05, 4.69) is 25.2 Å². The van der Waals surface area contributed by atoms with E-state index in [1.165, 1.54) is 25.7 Å². The van der Waals surface area contributed by atoms with Crippen molar-refractivity contribution in [3.63, 3.8) is 0 Å². The largest absolute Gasteiger partial charge is 0.508 e. The SMILES string of the molecule is Cc1ccc(C(C)NC(C)C2CCCC2)c(O)c1. The van der Waals surface area contributed by atoms with Gasteiger partial charge < -0.3 is 10.4 Å². The zero-order valence-corrected chi connectivity index (χ0v) is 11.7. The highest BCUT2D eigenvalue weighted by Crippen LogP contribution is 2.30. The van der Waals surface area contributed by atoms with Gasteiger partial charge in [-0.3, -0.25) is 0 Å². The standard InChI is InChI=1S/C16H25NO/c1-11-8-9-15(16(18)10-11)13(3)17-12(2)14-6-4-5-7-14/h8-10,12-14,17-18H,4-7H2,1-3H3. The van der Waals surface area contributed by atoms with E-state index in [1.54, 1.807) is 0 Å². The summed E-state index contributed by atoms with van der Waals surface area (Å²) in [4.78, 5) is 0. The predicted molar refractivity (Wildman–Crippen MR) is 75.8 cm³/mol. The van der Waals surface area contributed by atoms with Gasteiger partial charge in [-0.1, -0.05) is 25.0 Å². The lowest BCUT2D eigenvalue weighted by atomic mass is 9.97. The molecular formula is C16H25NO. The average Bonchev–Trinajstić information content (AvgIpc) is 2.81. The van der Waals surface area contributed by atoms with Gasteiger partial charge in [0.05, 0.1) is 0 Å². The van der Waals surface area contributed by atoms with E-state index in [4.69, 9.17) is 0 Å². The molecular weight excluding hydrogens is 222 g/mol. The van der Waals surface area contributed by atoms with Crippen molar-refractivity contribution in [2.45, 2.75) is 58.5 Å². The second kappa shape index (κ2) is 5.75. The molecule has 1 aliphatic carbocycles. The van der Waals surface area contributed by atoms with Gasteiger partial charge in [-0.15, -0.1) is 0 Å². The van der Waals surface area contributed by atoms with Gasteiger partial charge in [0.15, 0.2) is 0 Å². The van der Waals surface area contributed by atoms with Crippen molar-refractivity contribution in [3.8, 4) is 5.75 Å². The number of rotatable bonds is 4. The van der Waals surface area contributed by atoms with Crippen molar-refractivity contribution in [3.05, 3.63) is 29.3 Å². The summed E-state index contributed by atoms with van der Waals surface area (Å²) in [5.41, 5.74) is 2.11. The number of benzene rings is 1. The molecule has 2 N–H and O–H groups in total. The van der Waals surface area contributed by atoms with Gasteiger partial charge in [-0.25, -0.2) is 0 Å². The highest BCUT2D eigenvalue weighted by atomic mass is 16.3. The maximum atomic E-state index is 10.00. The first kappa shape index (κ1) is 13.4. The summed E-state index contributed by atoms with van der Waals surface area (Å²) in [5, 5.41) is 13.6. The van der Waals surface area contributed by atoms with Crippen LogP contribution in [-0.4, -0.2) is 11.1 Å². The second-order valence-electron chi connectivity index (χ2n) is 5.78. The fraction of sp³-hybridized carbons (Fsp3) is 0.625. The first-order valence-electron chi connectivity index (χ1n) is 7.13. The van der Waals surface area contributed by atoms with Gasteiger partial charge in [0.1, 0.15) is 5.75 Å². The predicted octanol–water partition coefficient (Wildman–Crippen LogP) is 3.93. The van der Waals surface area contributed by atoms with Crippen LogP contribution in [0.4, 0.5) is 0 Å². The van der Waals surface area contributed by atoms with Crippen LogP contribution in [0.2, 0.25) is 0 Å². The number of aromatic hydroxyl groups is 1. The van der Waals surface area contributed by atoms with Crippen LogP contribution in [0, 0.1) is 12.8 Å². The Kier molecular flexibility index (Phi) is 4.28. The highest BCUT2D eigenvalue weighted by molar-refractivity contribution is 5.37. The normalized spacial score (nSPS) is 19.9. The maximum Gasteiger partial charge on any atom is 0.120 e. The molecule has 0 radical (unpaired) electrons. The average molecular weight is 247 g/mol. The van der Waals surface area contributed by atoms with Gasteiger partial charge in [-0.05, 0) is 51.2 Å². The molecule has 1 aromatic carbocycles. The Balaban J connectivity index is 2.00. The van der Waals surface area contributed by atoms with Crippen LogP contribution in [0.25, 0.3) is 0 Å². The topological polar surface area (TPSA) is 32.3 Å². The Morgan fingerprint density at radius 3 is 2.50 bits per heavy atom.